The highest BCUT2D eigenvalue weighted by Crippen LogP contribution is 2.51. The number of rotatable bonds is 11. The van der Waals surface area contributed by atoms with Gasteiger partial charge in [0.05, 0.1) is 11.1 Å². The highest BCUT2D eigenvalue weighted by Gasteiger charge is 2.25. The number of hydrogen-bond acceptors (Lipinski definition) is 4. The minimum Gasteiger partial charge on any atom is -0.488 e. The summed E-state index contributed by atoms with van der Waals surface area (Å²) in [5.41, 5.74) is 7.02. The molecule has 0 saturated carbocycles. The van der Waals surface area contributed by atoms with Crippen molar-refractivity contribution in [3.63, 3.8) is 0 Å². The van der Waals surface area contributed by atoms with Gasteiger partial charge in [-0.3, -0.25) is 0 Å². The predicted molar refractivity (Wildman–Crippen MR) is 223 cm³/mol. The van der Waals surface area contributed by atoms with E-state index in [1.165, 1.54) is 0 Å². The second kappa shape index (κ2) is 15.6. The number of carboxylic acids is 2. The lowest BCUT2D eigenvalue weighted by molar-refractivity contribution is 0.0686. The van der Waals surface area contributed by atoms with Crippen molar-refractivity contribution in [2.75, 3.05) is 0 Å². The lowest BCUT2D eigenvalue weighted by atomic mass is 9.86. The highest BCUT2D eigenvalue weighted by atomic mass is 35.5. The third kappa shape index (κ3) is 7.40. The summed E-state index contributed by atoms with van der Waals surface area (Å²) in [6.07, 6.45) is 0. The monoisotopic (exact) mass is 774 g/mol. The molecule has 56 heavy (non-hydrogen) atoms. The van der Waals surface area contributed by atoms with E-state index in [4.69, 9.17) is 32.7 Å². The van der Waals surface area contributed by atoms with E-state index in [1.807, 2.05) is 109 Å². The lowest BCUT2D eigenvalue weighted by Gasteiger charge is -2.23. The molecule has 0 bridgehead atoms. The van der Waals surface area contributed by atoms with Crippen LogP contribution in [0, 0.1) is 0 Å². The predicted octanol–water partition coefficient (Wildman–Crippen LogP) is 12.9. The molecule has 0 heterocycles. The van der Waals surface area contributed by atoms with Crippen molar-refractivity contribution in [3.8, 4) is 44.9 Å². The SMILES string of the molecule is O=C(O)c1ccc(-c2cc(OCc3ccccc3)c(-c3c(OCc4ccccc4)cc(-c4ccc(C(=O)O)cc4)c4cc(Cl)ccc34)c3ccc(Cl)cc23)cc1. The Morgan fingerprint density at radius 2 is 0.821 bits per heavy atom. The Morgan fingerprint density at radius 3 is 1.18 bits per heavy atom. The molecule has 0 aliphatic rings. The number of fused-ring (bicyclic) bond motifs is 2. The van der Waals surface area contributed by atoms with Gasteiger partial charge in [-0.25, -0.2) is 9.59 Å². The summed E-state index contributed by atoms with van der Waals surface area (Å²) in [5, 5.41) is 23.6. The van der Waals surface area contributed by atoms with Crippen LogP contribution in [0.25, 0.3) is 54.9 Å². The Labute approximate surface area is 332 Å². The number of halogens is 2. The van der Waals surface area contributed by atoms with Crippen molar-refractivity contribution < 1.29 is 29.3 Å². The van der Waals surface area contributed by atoms with Gasteiger partial charge < -0.3 is 19.7 Å². The molecule has 0 unspecified atom stereocenters. The molecule has 0 saturated heterocycles. The summed E-state index contributed by atoms with van der Waals surface area (Å²) < 4.78 is 13.6. The minimum atomic E-state index is -1.01. The zero-order chi connectivity index (χ0) is 38.8. The first-order valence-electron chi connectivity index (χ1n) is 17.8. The Kier molecular flexibility index (Phi) is 10.2. The molecule has 0 radical (unpaired) electrons. The van der Waals surface area contributed by atoms with E-state index >= 15 is 0 Å². The van der Waals surface area contributed by atoms with Crippen LogP contribution in [-0.2, 0) is 13.2 Å². The van der Waals surface area contributed by atoms with E-state index in [0.29, 0.717) is 21.5 Å². The number of ether oxygens (including phenoxy) is 2. The standard InChI is InChI=1S/C48H32Cl2O6/c49-35-19-21-37-41(23-35)39(31-11-15-33(16-12-31)47(51)52)25-43(55-27-29-7-3-1-4-8-29)45(37)46-38-22-20-36(50)24-42(38)40(32-13-17-34(18-14-32)48(53)54)26-44(46)56-28-30-9-5-2-6-10-30/h1-26H,27-28H2,(H,51,52)(H,53,54). The van der Waals surface area contributed by atoms with Gasteiger partial charge in [-0.15, -0.1) is 0 Å². The van der Waals surface area contributed by atoms with Crippen LogP contribution in [0.3, 0.4) is 0 Å². The van der Waals surface area contributed by atoms with E-state index in [0.717, 1.165) is 66.1 Å². The normalized spacial score (nSPS) is 11.1. The largest absolute Gasteiger partial charge is 0.488 e. The van der Waals surface area contributed by atoms with Crippen LogP contribution in [-0.4, -0.2) is 22.2 Å². The fourth-order valence-corrected chi connectivity index (χ4v) is 7.36. The molecule has 0 fully saturated rings. The number of carbonyl (C=O) groups is 2. The molecule has 2 N–H and O–H groups in total. The molecular formula is C48H32Cl2O6. The third-order valence-electron chi connectivity index (χ3n) is 9.74. The fourth-order valence-electron chi connectivity index (χ4n) is 7.02. The first-order chi connectivity index (χ1) is 27.2. The van der Waals surface area contributed by atoms with E-state index < -0.39 is 11.9 Å². The van der Waals surface area contributed by atoms with Gasteiger partial charge in [0.15, 0.2) is 0 Å². The molecule has 8 rings (SSSR count). The summed E-state index contributed by atoms with van der Waals surface area (Å²) in [6.45, 7) is 0.532. The van der Waals surface area contributed by atoms with Gasteiger partial charge >= 0.3 is 11.9 Å². The van der Waals surface area contributed by atoms with Crippen LogP contribution < -0.4 is 9.47 Å². The molecule has 0 spiro atoms. The third-order valence-corrected chi connectivity index (χ3v) is 10.2. The van der Waals surface area contributed by atoms with Crippen LogP contribution in [0.5, 0.6) is 11.5 Å². The van der Waals surface area contributed by atoms with Crippen molar-refractivity contribution in [2.45, 2.75) is 13.2 Å². The van der Waals surface area contributed by atoms with Gasteiger partial charge in [-0.1, -0.05) is 120 Å². The molecule has 274 valence electrons. The molecule has 0 aliphatic carbocycles. The Bertz CT molecular complexity index is 2560. The minimum absolute atomic E-state index is 0.177. The number of hydrogen-bond donors (Lipinski definition) is 2. The Hall–Kier alpha value is -6.60. The number of aromatic carboxylic acids is 2. The maximum Gasteiger partial charge on any atom is 0.335 e. The van der Waals surface area contributed by atoms with Gasteiger partial charge in [-0.2, -0.15) is 0 Å². The molecule has 8 heteroatoms. The van der Waals surface area contributed by atoms with Gasteiger partial charge in [0.1, 0.15) is 24.7 Å². The van der Waals surface area contributed by atoms with E-state index in [-0.39, 0.29) is 24.3 Å². The van der Waals surface area contributed by atoms with Crippen LogP contribution in [0.2, 0.25) is 10.0 Å². The molecule has 0 aliphatic heterocycles. The smallest absolute Gasteiger partial charge is 0.335 e. The lowest BCUT2D eigenvalue weighted by Crippen LogP contribution is -2.03. The summed E-state index contributed by atoms with van der Waals surface area (Å²) in [7, 11) is 0. The summed E-state index contributed by atoms with van der Waals surface area (Å²) in [6, 6.07) is 48.7. The zero-order valence-electron chi connectivity index (χ0n) is 29.7. The maximum absolute atomic E-state index is 11.8. The Morgan fingerprint density at radius 1 is 0.446 bits per heavy atom. The first-order valence-corrected chi connectivity index (χ1v) is 18.5. The molecule has 8 aromatic carbocycles. The molecule has 0 amide bonds. The average molecular weight is 776 g/mol. The molecule has 6 nitrogen and oxygen atoms in total. The highest BCUT2D eigenvalue weighted by molar-refractivity contribution is 6.32. The fraction of sp³-hybridized carbons (Fsp3) is 0.0417. The number of carboxylic acid groups (broad SMARTS) is 2. The molecule has 0 atom stereocenters. The van der Waals surface area contributed by atoms with Crippen molar-refractivity contribution in [1.29, 1.82) is 0 Å². The van der Waals surface area contributed by atoms with E-state index in [9.17, 15) is 19.8 Å². The van der Waals surface area contributed by atoms with Crippen LogP contribution >= 0.6 is 23.2 Å². The van der Waals surface area contributed by atoms with Crippen LogP contribution in [0.4, 0.5) is 0 Å². The quantitative estimate of drug-likeness (QED) is 0.136. The van der Waals surface area contributed by atoms with E-state index in [1.54, 1.807) is 48.5 Å². The van der Waals surface area contributed by atoms with Crippen LogP contribution in [0.15, 0.2) is 158 Å². The molecular weight excluding hydrogens is 743 g/mol. The van der Waals surface area contributed by atoms with Crippen molar-refractivity contribution in [2.24, 2.45) is 0 Å². The number of benzene rings is 8. The second-order valence-electron chi connectivity index (χ2n) is 13.3. The summed E-state index contributed by atoms with van der Waals surface area (Å²) >= 11 is 13.4. The van der Waals surface area contributed by atoms with Gasteiger partial charge in [0.2, 0.25) is 0 Å². The second-order valence-corrected chi connectivity index (χ2v) is 14.2. The summed E-state index contributed by atoms with van der Waals surface area (Å²) in [4.78, 5) is 23.5. The topological polar surface area (TPSA) is 93.1 Å². The van der Waals surface area contributed by atoms with Gasteiger partial charge in [0.25, 0.3) is 0 Å². The van der Waals surface area contributed by atoms with Gasteiger partial charge in [0, 0.05) is 21.2 Å². The summed E-state index contributed by atoms with van der Waals surface area (Å²) in [5.74, 6) is -0.883. The molecule has 0 aromatic heterocycles. The average Bonchev–Trinajstić information content (AvgIpc) is 3.22. The maximum atomic E-state index is 11.8. The van der Waals surface area contributed by atoms with Crippen molar-refractivity contribution in [1.82, 2.24) is 0 Å². The van der Waals surface area contributed by atoms with Gasteiger partial charge in [-0.05, 0) is 116 Å². The Balaban J connectivity index is 1.44. The van der Waals surface area contributed by atoms with E-state index in [2.05, 4.69) is 0 Å². The van der Waals surface area contributed by atoms with Crippen molar-refractivity contribution >= 4 is 56.7 Å². The van der Waals surface area contributed by atoms with Crippen molar-refractivity contribution in [3.05, 3.63) is 190 Å². The first kappa shape index (κ1) is 36.4. The molecule has 8 aromatic rings. The van der Waals surface area contributed by atoms with Crippen LogP contribution in [0.1, 0.15) is 31.8 Å². The zero-order valence-corrected chi connectivity index (χ0v) is 31.2.